The molecule has 0 amide bonds. The second-order valence-electron chi connectivity index (χ2n) is 14.4. The summed E-state index contributed by atoms with van der Waals surface area (Å²) >= 11 is 1.78. The van der Waals surface area contributed by atoms with E-state index in [0.29, 0.717) is 17.5 Å². The molecule has 1 aliphatic carbocycles. The molecular weight excluding hydrogens is 667 g/mol. The lowest BCUT2D eigenvalue weighted by Gasteiger charge is -2.22. The Labute approximate surface area is 310 Å². The van der Waals surface area contributed by atoms with Crippen molar-refractivity contribution >= 4 is 53.4 Å². The highest BCUT2D eigenvalue weighted by atomic mass is 32.1. The summed E-state index contributed by atoms with van der Waals surface area (Å²) in [7, 11) is 0. The Morgan fingerprint density at radius 1 is 0.453 bits per heavy atom. The Morgan fingerprint density at radius 2 is 1.11 bits per heavy atom. The maximum absolute atomic E-state index is 6.51. The number of aromatic nitrogens is 3. The van der Waals surface area contributed by atoms with E-state index in [-0.39, 0.29) is 5.41 Å². The molecule has 1 aliphatic rings. The van der Waals surface area contributed by atoms with Crippen LogP contribution in [0.2, 0.25) is 0 Å². The van der Waals surface area contributed by atoms with Crippen molar-refractivity contribution in [3.63, 3.8) is 0 Å². The molecule has 4 nitrogen and oxygen atoms in total. The Balaban J connectivity index is 1.11. The Morgan fingerprint density at radius 3 is 2.02 bits per heavy atom. The molecule has 250 valence electrons. The lowest BCUT2D eigenvalue weighted by molar-refractivity contribution is 0.660. The number of furan rings is 1. The van der Waals surface area contributed by atoms with E-state index in [1.165, 1.54) is 48.0 Å². The molecule has 53 heavy (non-hydrogen) atoms. The quantitative estimate of drug-likeness (QED) is 0.184. The largest absolute Gasteiger partial charge is 0.456 e. The SMILES string of the molecule is CC1(C)c2ccccc2-c2ccc(-c3ccc4oc5cccc(-c6nc(-c7ccccc7)nc(-c7cccc8c7sc7ccccc78)n6)c5c4c3)cc21. The van der Waals surface area contributed by atoms with Gasteiger partial charge in [0.25, 0.3) is 0 Å². The van der Waals surface area contributed by atoms with Gasteiger partial charge in [-0.25, -0.2) is 15.0 Å². The molecule has 5 heteroatoms. The van der Waals surface area contributed by atoms with Crippen LogP contribution in [0.25, 0.3) is 98.5 Å². The van der Waals surface area contributed by atoms with Gasteiger partial charge in [0.1, 0.15) is 11.2 Å². The number of rotatable bonds is 4. The van der Waals surface area contributed by atoms with Gasteiger partial charge in [-0.15, -0.1) is 11.3 Å². The molecule has 0 radical (unpaired) electrons. The van der Waals surface area contributed by atoms with Crippen molar-refractivity contribution in [3.05, 3.63) is 163 Å². The first-order chi connectivity index (χ1) is 26.0. The monoisotopic (exact) mass is 697 g/mol. The molecule has 0 bridgehead atoms. The van der Waals surface area contributed by atoms with E-state index in [9.17, 15) is 0 Å². The minimum Gasteiger partial charge on any atom is -0.456 e. The lowest BCUT2D eigenvalue weighted by Crippen LogP contribution is -2.14. The number of benzene rings is 7. The summed E-state index contributed by atoms with van der Waals surface area (Å²) < 4.78 is 8.92. The third-order valence-electron chi connectivity index (χ3n) is 11.0. The third kappa shape index (κ3) is 4.57. The molecule has 7 aromatic carbocycles. The Bertz CT molecular complexity index is 3100. The zero-order valence-corrected chi connectivity index (χ0v) is 29.9. The molecule has 10 aromatic rings. The fourth-order valence-corrected chi connectivity index (χ4v) is 9.54. The average Bonchev–Trinajstić information content (AvgIpc) is 3.85. The highest BCUT2D eigenvalue weighted by Crippen LogP contribution is 2.50. The Kier molecular flexibility index (Phi) is 6.43. The molecule has 0 saturated heterocycles. The second kappa shape index (κ2) is 11.3. The van der Waals surface area contributed by atoms with Gasteiger partial charge in [0.2, 0.25) is 0 Å². The molecule has 3 aromatic heterocycles. The second-order valence-corrected chi connectivity index (χ2v) is 15.4. The van der Waals surface area contributed by atoms with Crippen LogP contribution in [0.3, 0.4) is 0 Å². The standard InChI is InChI=1S/C48H31N3OS/c1-48(2)38-19-8-6-14-31(38)32-24-22-30(27-39(32)48)29-23-25-40-37(26-29)43-35(17-11-20-41(43)52-40)46-49-45(28-12-4-3-5-13-28)50-47(51-46)36-18-10-16-34-33-15-7-9-21-42(33)53-44(34)36/h3-27H,1-2H3. The summed E-state index contributed by atoms with van der Waals surface area (Å²) in [5, 5.41) is 4.48. The number of hydrogen-bond donors (Lipinski definition) is 0. The van der Waals surface area contributed by atoms with Crippen LogP contribution in [-0.2, 0) is 5.41 Å². The van der Waals surface area contributed by atoms with Crippen LogP contribution < -0.4 is 0 Å². The minimum absolute atomic E-state index is 0.0748. The van der Waals surface area contributed by atoms with Gasteiger partial charge in [-0.2, -0.15) is 0 Å². The van der Waals surface area contributed by atoms with Crippen LogP contribution >= 0.6 is 11.3 Å². The summed E-state index contributed by atoms with van der Waals surface area (Å²) in [5.41, 5.74) is 12.1. The predicted molar refractivity (Wildman–Crippen MR) is 219 cm³/mol. The normalized spacial score (nSPS) is 13.2. The van der Waals surface area contributed by atoms with Crippen LogP contribution in [0.15, 0.2) is 156 Å². The summed E-state index contributed by atoms with van der Waals surface area (Å²) in [6.45, 7) is 4.66. The smallest absolute Gasteiger partial charge is 0.165 e. The van der Waals surface area contributed by atoms with E-state index >= 15 is 0 Å². The molecular formula is C48H31N3OS. The van der Waals surface area contributed by atoms with Crippen LogP contribution in [-0.4, -0.2) is 15.0 Å². The maximum atomic E-state index is 6.51. The first-order valence-corrected chi connectivity index (χ1v) is 18.8. The fourth-order valence-electron chi connectivity index (χ4n) is 8.33. The maximum Gasteiger partial charge on any atom is 0.165 e. The van der Waals surface area contributed by atoms with E-state index < -0.39 is 0 Å². The molecule has 0 saturated carbocycles. The van der Waals surface area contributed by atoms with Crippen LogP contribution in [0, 0.1) is 0 Å². The van der Waals surface area contributed by atoms with Crippen LogP contribution in [0.5, 0.6) is 0 Å². The van der Waals surface area contributed by atoms with Gasteiger partial charge in [-0.3, -0.25) is 0 Å². The minimum atomic E-state index is -0.0748. The van der Waals surface area contributed by atoms with Crippen molar-refractivity contribution in [1.82, 2.24) is 15.0 Å². The number of thiophene rings is 1. The van der Waals surface area contributed by atoms with Gasteiger partial charge in [0.15, 0.2) is 17.5 Å². The summed E-state index contributed by atoms with van der Waals surface area (Å²) in [5.74, 6) is 1.90. The number of hydrogen-bond acceptors (Lipinski definition) is 5. The van der Waals surface area contributed by atoms with E-state index in [4.69, 9.17) is 19.4 Å². The highest BCUT2D eigenvalue weighted by Gasteiger charge is 2.35. The molecule has 0 unspecified atom stereocenters. The van der Waals surface area contributed by atoms with Crippen LogP contribution in [0.1, 0.15) is 25.0 Å². The first kappa shape index (κ1) is 30.2. The summed E-state index contributed by atoms with van der Waals surface area (Å²) in [6, 6.07) is 53.5. The molecule has 0 aliphatic heterocycles. The zero-order chi connectivity index (χ0) is 35.3. The van der Waals surface area contributed by atoms with Crippen molar-refractivity contribution in [3.8, 4) is 56.4 Å². The van der Waals surface area contributed by atoms with Crippen molar-refractivity contribution in [2.45, 2.75) is 19.3 Å². The van der Waals surface area contributed by atoms with E-state index in [2.05, 4.69) is 135 Å². The molecule has 0 N–H and O–H groups in total. The highest BCUT2D eigenvalue weighted by molar-refractivity contribution is 7.26. The molecule has 0 atom stereocenters. The van der Waals surface area contributed by atoms with Crippen LogP contribution in [0.4, 0.5) is 0 Å². The van der Waals surface area contributed by atoms with Gasteiger partial charge in [-0.05, 0) is 69.8 Å². The van der Waals surface area contributed by atoms with Gasteiger partial charge in [0.05, 0.1) is 0 Å². The van der Waals surface area contributed by atoms with E-state index in [0.717, 1.165) is 44.2 Å². The Hall–Kier alpha value is -6.43. The van der Waals surface area contributed by atoms with Gasteiger partial charge in [-0.1, -0.05) is 129 Å². The van der Waals surface area contributed by atoms with Crippen molar-refractivity contribution in [2.75, 3.05) is 0 Å². The third-order valence-corrected chi connectivity index (χ3v) is 12.2. The average molecular weight is 698 g/mol. The molecule has 3 heterocycles. The number of nitrogens with zero attached hydrogens (tertiary/aromatic N) is 3. The molecule has 11 rings (SSSR count). The van der Waals surface area contributed by atoms with Crippen molar-refractivity contribution in [1.29, 1.82) is 0 Å². The van der Waals surface area contributed by atoms with Crippen molar-refractivity contribution in [2.24, 2.45) is 0 Å². The fraction of sp³-hybridized carbons (Fsp3) is 0.0625. The topological polar surface area (TPSA) is 51.8 Å². The van der Waals surface area contributed by atoms with E-state index in [1.54, 1.807) is 11.3 Å². The molecule has 0 fully saturated rings. The molecule has 0 spiro atoms. The van der Waals surface area contributed by atoms with E-state index in [1.807, 2.05) is 30.3 Å². The predicted octanol–water partition coefficient (Wildman–Crippen LogP) is 13.1. The number of fused-ring (bicyclic) bond motifs is 9. The zero-order valence-electron chi connectivity index (χ0n) is 29.1. The lowest BCUT2D eigenvalue weighted by atomic mass is 9.81. The van der Waals surface area contributed by atoms with Crippen molar-refractivity contribution < 1.29 is 4.42 Å². The van der Waals surface area contributed by atoms with Gasteiger partial charge < -0.3 is 4.42 Å². The van der Waals surface area contributed by atoms with Gasteiger partial charge in [0, 0.05) is 53.1 Å². The summed E-state index contributed by atoms with van der Waals surface area (Å²) in [6.07, 6.45) is 0. The van der Waals surface area contributed by atoms with Gasteiger partial charge >= 0.3 is 0 Å². The first-order valence-electron chi connectivity index (χ1n) is 17.9. The summed E-state index contributed by atoms with van der Waals surface area (Å²) in [4.78, 5) is 15.5.